The Bertz CT molecular complexity index is 366. The van der Waals surface area contributed by atoms with Crippen molar-refractivity contribution in [3.8, 4) is 6.07 Å². The zero-order valence-electron chi connectivity index (χ0n) is 11.0. The molecular weight excluding hydrogens is 208 g/mol. The summed E-state index contributed by atoms with van der Waals surface area (Å²) in [6.07, 6.45) is 2.83. The van der Waals surface area contributed by atoms with Crippen LogP contribution in [0.2, 0.25) is 0 Å². The summed E-state index contributed by atoms with van der Waals surface area (Å²) in [7, 11) is 0. The maximum absolute atomic E-state index is 9.30. The molecule has 0 aliphatic heterocycles. The average Bonchev–Trinajstić information content (AvgIpc) is 2.37. The summed E-state index contributed by atoms with van der Waals surface area (Å²) in [5.74, 6) is 0. The van der Waals surface area contributed by atoms with Crippen LogP contribution in [0.1, 0.15) is 39.2 Å². The molecule has 0 amide bonds. The number of aryl methyl sites for hydroxylation is 1. The Hall–Kier alpha value is -1.33. The molecule has 0 heterocycles. The van der Waals surface area contributed by atoms with Gasteiger partial charge in [0, 0.05) is 6.04 Å². The highest BCUT2D eigenvalue weighted by Crippen LogP contribution is 2.15. The molecule has 2 atom stereocenters. The van der Waals surface area contributed by atoms with Gasteiger partial charge >= 0.3 is 0 Å². The van der Waals surface area contributed by atoms with E-state index in [1.165, 1.54) is 5.56 Å². The maximum Gasteiger partial charge on any atom is 0.104 e. The summed E-state index contributed by atoms with van der Waals surface area (Å²) in [6.45, 7) is 6.24. The van der Waals surface area contributed by atoms with Crippen LogP contribution in [0.25, 0.3) is 0 Å². The largest absolute Gasteiger partial charge is 0.297 e. The van der Waals surface area contributed by atoms with Gasteiger partial charge in [0.05, 0.1) is 6.07 Å². The van der Waals surface area contributed by atoms with Crippen LogP contribution in [-0.2, 0) is 6.42 Å². The first-order chi connectivity index (χ1) is 8.09. The van der Waals surface area contributed by atoms with Crippen molar-refractivity contribution in [3.05, 3.63) is 35.9 Å². The van der Waals surface area contributed by atoms with Crippen molar-refractivity contribution < 1.29 is 0 Å². The van der Waals surface area contributed by atoms with E-state index in [1.807, 2.05) is 25.1 Å². The van der Waals surface area contributed by atoms with E-state index in [9.17, 15) is 5.26 Å². The minimum absolute atomic E-state index is 0.385. The topological polar surface area (TPSA) is 35.8 Å². The molecule has 0 aliphatic carbocycles. The van der Waals surface area contributed by atoms with Gasteiger partial charge in [0.1, 0.15) is 5.54 Å². The molecule has 0 aromatic heterocycles. The molecule has 0 saturated heterocycles. The Labute approximate surface area is 105 Å². The molecule has 2 nitrogen and oxygen atoms in total. The van der Waals surface area contributed by atoms with Crippen LogP contribution in [0.3, 0.4) is 0 Å². The number of nitrogens with zero attached hydrogens (tertiary/aromatic N) is 1. The Morgan fingerprint density at radius 2 is 2.00 bits per heavy atom. The number of hydrogen-bond acceptors (Lipinski definition) is 2. The first kappa shape index (κ1) is 13.7. The highest BCUT2D eigenvalue weighted by Gasteiger charge is 2.24. The normalized spacial score (nSPS) is 15.9. The van der Waals surface area contributed by atoms with Crippen LogP contribution in [0, 0.1) is 11.3 Å². The van der Waals surface area contributed by atoms with Crippen LogP contribution in [0.15, 0.2) is 30.3 Å². The third kappa shape index (κ3) is 4.58. The summed E-state index contributed by atoms with van der Waals surface area (Å²) >= 11 is 0. The first-order valence-electron chi connectivity index (χ1n) is 6.32. The van der Waals surface area contributed by atoms with E-state index in [0.29, 0.717) is 6.04 Å². The quantitative estimate of drug-likeness (QED) is 0.814. The second-order valence-corrected chi connectivity index (χ2v) is 4.88. The Balaban J connectivity index is 2.55. The smallest absolute Gasteiger partial charge is 0.104 e. The number of rotatable bonds is 6. The van der Waals surface area contributed by atoms with E-state index >= 15 is 0 Å². The molecule has 17 heavy (non-hydrogen) atoms. The van der Waals surface area contributed by atoms with Gasteiger partial charge < -0.3 is 0 Å². The van der Waals surface area contributed by atoms with Gasteiger partial charge in [0.25, 0.3) is 0 Å². The second-order valence-electron chi connectivity index (χ2n) is 4.88. The molecule has 0 bridgehead atoms. The molecule has 0 spiro atoms. The number of nitrogens with one attached hydrogen (secondary N) is 1. The lowest BCUT2D eigenvalue weighted by Crippen LogP contribution is -2.46. The second kappa shape index (κ2) is 6.42. The van der Waals surface area contributed by atoms with Crippen molar-refractivity contribution >= 4 is 0 Å². The lowest BCUT2D eigenvalue weighted by Gasteiger charge is -2.27. The Morgan fingerprint density at radius 1 is 1.35 bits per heavy atom. The van der Waals surface area contributed by atoms with E-state index in [0.717, 1.165) is 19.3 Å². The number of nitriles is 1. The molecule has 0 fully saturated rings. The molecule has 1 aromatic rings. The number of hydrogen-bond donors (Lipinski definition) is 1. The highest BCUT2D eigenvalue weighted by atomic mass is 15.0. The van der Waals surface area contributed by atoms with E-state index in [2.05, 4.69) is 37.4 Å². The summed E-state index contributed by atoms with van der Waals surface area (Å²) in [6, 6.07) is 13.1. The first-order valence-corrected chi connectivity index (χ1v) is 6.32. The van der Waals surface area contributed by atoms with Crippen molar-refractivity contribution in [2.45, 2.75) is 51.6 Å². The monoisotopic (exact) mass is 230 g/mol. The molecule has 0 radical (unpaired) electrons. The molecule has 1 aromatic carbocycles. The van der Waals surface area contributed by atoms with E-state index in [4.69, 9.17) is 0 Å². The van der Waals surface area contributed by atoms with Crippen molar-refractivity contribution in [2.75, 3.05) is 0 Å². The van der Waals surface area contributed by atoms with Gasteiger partial charge in [-0.05, 0) is 38.7 Å². The maximum atomic E-state index is 9.30. The van der Waals surface area contributed by atoms with Crippen molar-refractivity contribution in [2.24, 2.45) is 0 Å². The zero-order valence-corrected chi connectivity index (χ0v) is 11.0. The predicted octanol–water partition coefficient (Wildman–Crippen LogP) is 3.29. The van der Waals surface area contributed by atoms with Gasteiger partial charge in [-0.15, -0.1) is 0 Å². The molecular formula is C15H22N2. The Kier molecular flexibility index (Phi) is 5.18. The van der Waals surface area contributed by atoms with Crippen LogP contribution in [0.4, 0.5) is 0 Å². The van der Waals surface area contributed by atoms with Gasteiger partial charge in [-0.3, -0.25) is 5.32 Å². The molecule has 1 rings (SSSR count). The summed E-state index contributed by atoms with van der Waals surface area (Å²) in [4.78, 5) is 0. The fourth-order valence-electron chi connectivity index (χ4n) is 1.85. The summed E-state index contributed by atoms with van der Waals surface area (Å²) in [5.41, 5.74) is 0.866. The standard InChI is InChI=1S/C15H22N2/c1-4-13(2)17-15(3,12-16)11-10-14-8-6-5-7-9-14/h5-9,13,17H,4,10-11H2,1-3H3. The SMILES string of the molecule is CCC(C)NC(C)(C#N)CCc1ccccc1. The lowest BCUT2D eigenvalue weighted by atomic mass is 9.93. The minimum Gasteiger partial charge on any atom is -0.297 e. The van der Waals surface area contributed by atoms with Crippen molar-refractivity contribution in [1.29, 1.82) is 5.26 Å². The fourth-order valence-corrected chi connectivity index (χ4v) is 1.85. The third-order valence-corrected chi connectivity index (χ3v) is 3.18. The molecule has 92 valence electrons. The summed E-state index contributed by atoms with van der Waals surface area (Å²) in [5, 5.41) is 12.7. The van der Waals surface area contributed by atoms with Crippen LogP contribution >= 0.6 is 0 Å². The molecule has 0 saturated carbocycles. The Morgan fingerprint density at radius 3 is 2.53 bits per heavy atom. The highest BCUT2D eigenvalue weighted by molar-refractivity contribution is 5.16. The van der Waals surface area contributed by atoms with E-state index in [1.54, 1.807) is 0 Å². The minimum atomic E-state index is -0.425. The molecule has 2 heteroatoms. The predicted molar refractivity (Wildman–Crippen MR) is 71.7 cm³/mol. The van der Waals surface area contributed by atoms with E-state index in [-0.39, 0.29) is 0 Å². The van der Waals surface area contributed by atoms with Gasteiger partial charge in [-0.1, -0.05) is 37.3 Å². The molecule has 1 N–H and O–H groups in total. The van der Waals surface area contributed by atoms with Gasteiger partial charge in [-0.25, -0.2) is 0 Å². The molecule has 0 aliphatic rings. The number of benzene rings is 1. The van der Waals surface area contributed by atoms with Gasteiger partial charge in [0.2, 0.25) is 0 Å². The van der Waals surface area contributed by atoms with Crippen molar-refractivity contribution in [3.63, 3.8) is 0 Å². The molecule has 2 unspecified atom stereocenters. The van der Waals surface area contributed by atoms with Crippen LogP contribution in [-0.4, -0.2) is 11.6 Å². The van der Waals surface area contributed by atoms with Gasteiger partial charge in [0.15, 0.2) is 0 Å². The average molecular weight is 230 g/mol. The zero-order chi connectivity index (χ0) is 12.7. The summed E-state index contributed by atoms with van der Waals surface area (Å²) < 4.78 is 0. The third-order valence-electron chi connectivity index (χ3n) is 3.18. The van der Waals surface area contributed by atoms with E-state index < -0.39 is 5.54 Å². The van der Waals surface area contributed by atoms with Crippen LogP contribution in [0.5, 0.6) is 0 Å². The van der Waals surface area contributed by atoms with Gasteiger partial charge in [-0.2, -0.15) is 5.26 Å². The van der Waals surface area contributed by atoms with Crippen molar-refractivity contribution in [1.82, 2.24) is 5.32 Å². The van der Waals surface area contributed by atoms with Crippen LogP contribution < -0.4 is 5.32 Å². The fraction of sp³-hybridized carbons (Fsp3) is 0.533. The lowest BCUT2D eigenvalue weighted by molar-refractivity contribution is 0.364.